The Balaban J connectivity index is 1.18. The van der Waals surface area contributed by atoms with Crippen LogP contribution in [-0.4, -0.2) is 33.9 Å². The second-order valence-electron chi connectivity index (χ2n) is 11.9. The number of aliphatic carboxylic acids is 1. The third kappa shape index (κ3) is 7.91. The van der Waals surface area contributed by atoms with Crippen LogP contribution < -0.4 is 9.47 Å². The van der Waals surface area contributed by atoms with E-state index in [-0.39, 0.29) is 5.92 Å². The molecule has 4 aromatic carbocycles. The molecule has 0 radical (unpaired) electrons. The molecule has 0 aliphatic carbocycles. The van der Waals surface area contributed by atoms with Crippen LogP contribution in [0.1, 0.15) is 42.3 Å². The molecule has 6 rings (SSSR count). The fourth-order valence-corrected chi connectivity index (χ4v) is 5.60. The first kappa shape index (κ1) is 31.2. The van der Waals surface area contributed by atoms with Gasteiger partial charge in [-0.1, -0.05) is 91.8 Å². The Hall–Kier alpha value is -5.76. The molecule has 0 saturated carbocycles. The second kappa shape index (κ2) is 14.1. The van der Waals surface area contributed by atoms with Gasteiger partial charge in [0.15, 0.2) is 0 Å². The number of carbonyl (C=O) groups is 1. The first-order valence-corrected chi connectivity index (χ1v) is 15.4. The Bertz CT molecular complexity index is 1880. The van der Waals surface area contributed by atoms with Crippen molar-refractivity contribution >= 4 is 34.0 Å². The molecule has 236 valence electrons. The molecule has 6 aromatic rings. The van der Waals surface area contributed by atoms with E-state index in [0.717, 1.165) is 55.8 Å². The third-order valence-corrected chi connectivity index (χ3v) is 7.90. The standard InChI is InChI=1S/C39H35N3O5/c1-39(2,26-40-47-25-37(43)44)38(29-13-19-33(20-14-29)45-23-31-17-11-27-7-3-5-9-35(27)41-31)30-15-21-34(22-16-30)46-24-32-18-12-28-8-4-6-10-36(28)42-32/h3-22,26,38H,23-25H2,1-2H3,(H,43,44)/b40-26+. The van der Waals surface area contributed by atoms with Gasteiger partial charge in [0.1, 0.15) is 24.7 Å². The lowest BCUT2D eigenvalue weighted by atomic mass is 9.72. The number of hydrogen-bond donors (Lipinski definition) is 1. The average molecular weight is 626 g/mol. The lowest BCUT2D eigenvalue weighted by molar-refractivity contribution is -0.142. The molecule has 1 N–H and O–H groups in total. The minimum atomic E-state index is -1.08. The van der Waals surface area contributed by atoms with Crippen molar-refractivity contribution in [3.05, 3.63) is 144 Å². The van der Waals surface area contributed by atoms with Gasteiger partial charge in [0.05, 0.1) is 28.6 Å². The van der Waals surface area contributed by atoms with Crippen LogP contribution in [0.2, 0.25) is 0 Å². The Morgan fingerprint density at radius 2 is 1.17 bits per heavy atom. The van der Waals surface area contributed by atoms with E-state index in [4.69, 9.17) is 29.4 Å². The topological polar surface area (TPSA) is 103 Å². The van der Waals surface area contributed by atoms with E-state index in [2.05, 4.69) is 17.3 Å². The van der Waals surface area contributed by atoms with Gasteiger partial charge in [0.2, 0.25) is 6.61 Å². The number of nitrogens with zero attached hydrogens (tertiary/aromatic N) is 3. The molecule has 2 heterocycles. The van der Waals surface area contributed by atoms with Gasteiger partial charge >= 0.3 is 5.97 Å². The number of aromatic nitrogens is 2. The lowest BCUT2D eigenvalue weighted by Gasteiger charge is -2.32. The third-order valence-electron chi connectivity index (χ3n) is 7.90. The predicted octanol–water partition coefficient (Wildman–Crippen LogP) is 8.19. The highest BCUT2D eigenvalue weighted by molar-refractivity contribution is 5.79. The summed E-state index contributed by atoms with van der Waals surface area (Å²) in [6, 6.07) is 40.0. The fraction of sp³-hybridized carbons (Fsp3) is 0.179. The predicted molar refractivity (Wildman–Crippen MR) is 183 cm³/mol. The second-order valence-corrected chi connectivity index (χ2v) is 11.9. The van der Waals surface area contributed by atoms with E-state index in [0.29, 0.717) is 13.2 Å². The first-order valence-electron chi connectivity index (χ1n) is 15.4. The van der Waals surface area contributed by atoms with E-state index in [1.807, 2.05) is 123 Å². The summed E-state index contributed by atoms with van der Waals surface area (Å²) >= 11 is 0. The summed E-state index contributed by atoms with van der Waals surface area (Å²) in [5, 5.41) is 15.1. The summed E-state index contributed by atoms with van der Waals surface area (Å²) in [5.41, 5.74) is 5.09. The molecule has 0 spiro atoms. The zero-order valence-corrected chi connectivity index (χ0v) is 26.2. The molecule has 0 amide bonds. The van der Waals surface area contributed by atoms with Gasteiger partial charge in [0.25, 0.3) is 0 Å². The van der Waals surface area contributed by atoms with Crippen molar-refractivity contribution in [1.29, 1.82) is 0 Å². The van der Waals surface area contributed by atoms with E-state index < -0.39 is 18.0 Å². The Morgan fingerprint density at radius 1 is 0.702 bits per heavy atom. The minimum absolute atomic E-state index is 0.146. The van der Waals surface area contributed by atoms with Gasteiger partial charge in [-0.2, -0.15) is 0 Å². The van der Waals surface area contributed by atoms with Gasteiger partial charge in [-0.25, -0.2) is 14.8 Å². The fourth-order valence-electron chi connectivity index (χ4n) is 5.60. The Labute approximate surface area is 273 Å². The van der Waals surface area contributed by atoms with Gasteiger partial charge in [-0.15, -0.1) is 0 Å². The SMILES string of the molecule is CC(C)(/C=N/OCC(=O)O)C(c1ccc(OCc2ccc3ccccc3n2)cc1)c1ccc(OCc2ccc3ccccc3n2)cc1. The van der Waals surface area contributed by atoms with Crippen LogP contribution in [0.5, 0.6) is 11.5 Å². The molecule has 0 aliphatic rings. The quantitative estimate of drug-likeness (QED) is 0.102. The van der Waals surface area contributed by atoms with Gasteiger partial charge in [-0.3, -0.25) is 0 Å². The molecule has 0 fully saturated rings. The van der Waals surface area contributed by atoms with E-state index >= 15 is 0 Å². The minimum Gasteiger partial charge on any atom is -0.487 e. The average Bonchev–Trinajstić information content (AvgIpc) is 3.09. The normalized spacial score (nSPS) is 11.7. The number of rotatable bonds is 13. The molecule has 0 atom stereocenters. The summed E-state index contributed by atoms with van der Waals surface area (Å²) in [6.07, 6.45) is 1.66. The summed E-state index contributed by atoms with van der Waals surface area (Å²) < 4.78 is 12.2. The Kier molecular flexibility index (Phi) is 9.38. The first-order chi connectivity index (χ1) is 22.8. The van der Waals surface area contributed by atoms with Crippen LogP contribution in [0, 0.1) is 5.41 Å². The largest absolute Gasteiger partial charge is 0.487 e. The van der Waals surface area contributed by atoms with Gasteiger partial charge in [-0.05, 0) is 59.7 Å². The van der Waals surface area contributed by atoms with Crippen LogP contribution in [0.3, 0.4) is 0 Å². The molecular formula is C39H35N3O5. The Morgan fingerprint density at radius 3 is 1.64 bits per heavy atom. The van der Waals surface area contributed by atoms with Crippen molar-refractivity contribution in [2.45, 2.75) is 33.0 Å². The molecule has 0 saturated heterocycles. The summed E-state index contributed by atoms with van der Waals surface area (Å²) in [5.74, 6) is 0.224. The maximum Gasteiger partial charge on any atom is 0.344 e. The van der Waals surface area contributed by atoms with E-state index in [9.17, 15) is 4.79 Å². The lowest BCUT2D eigenvalue weighted by Crippen LogP contribution is -2.25. The number of pyridine rings is 2. The van der Waals surface area contributed by atoms with Crippen molar-refractivity contribution in [1.82, 2.24) is 9.97 Å². The molecule has 0 bridgehead atoms. The molecule has 0 unspecified atom stereocenters. The van der Waals surface area contributed by atoms with Crippen molar-refractivity contribution in [2.24, 2.45) is 10.6 Å². The van der Waals surface area contributed by atoms with Crippen molar-refractivity contribution in [3.8, 4) is 11.5 Å². The van der Waals surface area contributed by atoms with Crippen LogP contribution in [0.4, 0.5) is 0 Å². The van der Waals surface area contributed by atoms with Crippen LogP contribution >= 0.6 is 0 Å². The molecule has 2 aromatic heterocycles. The zero-order valence-electron chi connectivity index (χ0n) is 26.2. The molecule has 8 nitrogen and oxygen atoms in total. The summed E-state index contributed by atoms with van der Waals surface area (Å²) in [4.78, 5) is 25.4. The molecule has 0 aliphatic heterocycles. The molecule has 47 heavy (non-hydrogen) atoms. The number of carboxylic acids is 1. The van der Waals surface area contributed by atoms with Crippen molar-refractivity contribution in [2.75, 3.05) is 6.61 Å². The summed E-state index contributed by atoms with van der Waals surface area (Å²) in [7, 11) is 0. The monoisotopic (exact) mass is 625 g/mol. The number of ether oxygens (including phenoxy) is 2. The van der Waals surface area contributed by atoms with Crippen LogP contribution in [0.25, 0.3) is 21.8 Å². The van der Waals surface area contributed by atoms with Crippen molar-refractivity contribution < 1.29 is 24.2 Å². The van der Waals surface area contributed by atoms with Crippen LogP contribution in [0.15, 0.2) is 126 Å². The van der Waals surface area contributed by atoms with Crippen molar-refractivity contribution in [3.63, 3.8) is 0 Å². The van der Waals surface area contributed by atoms with Gasteiger partial charge < -0.3 is 19.4 Å². The number of fused-ring (bicyclic) bond motifs is 2. The zero-order chi connectivity index (χ0) is 32.6. The maximum absolute atomic E-state index is 10.9. The van der Waals surface area contributed by atoms with Gasteiger partial charge in [0, 0.05) is 22.1 Å². The summed E-state index contributed by atoms with van der Waals surface area (Å²) in [6.45, 7) is 4.27. The number of oxime groups is 1. The number of para-hydroxylation sites is 2. The van der Waals surface area contributed by atoms with E-state index in [1.54, 1.807) is 6.21 Å². The molecular weight excluding hydrogens is 590 g/mol. The number of carboxylic acid groups (broad SMARTS) is 1. The number of hydrogen-bond acceptors (Lipinski definition) is 7. The van der Waals surface area contributed by atoms with Crippen LogP contribution in [-0.2, 0) is 22.8 Å². The highest BCUT2D eigenvalue weighted by atomic mass is 16.6. The van der Waals surface area contributed by atoms with E-state index in [1.165, 1.54) is 0 Å². The smallest absolute Gasteiger partial charge is 0.344 e. The maximum atomic E-state index is 10.9. The highest BCUT2D eigenvalue weighted by Gasteiger charge is 2.31. The number of benzene rings is 4. The highest BCUT2D eigenvalue weighted by Crippen LogP contribution is 2.41. The molecule has 8 heteroatoms.